The molecule has 39 heavy (non-hydrogen) atoms. The maximum absolute atomic E-state index is 13.3. The first kappa shape index (κ1) is 28.9. The first-order chi connectivity index (χ1) is 18.8. The second-order valence-electron chi connectivity index (χ2n) is 8.26. The molecule has 0 amide bonds. The zero-order chi connectivity index (χ0) is 28.4. The van der Waals surface area contributed by atoms with Crippen molar-refractivity contribution in [1.82, 2.24) is 0 Å². The van der Waals surface area contributed by atoms with Crippen LogP contribution in [0.25, 0.3) is 0 Å². The molecule has 0 fully saturated rings. The Balaban J connectivity index is 2.13. The van der Waals surface area contributed by atoms with Crippen LogP contribution in [0.4, 0.5) is 5.69 Å². The third-order valence-corrected chi connectivity index (χ3v) is 5.69. The van der Waals surface area contributed by atoms with Crippen LogP contribution in [0.5, 0.6) is 5.75 Å². The Hall–Kier alpha value is -4.66. The molecule has 204 valence electrons. The van der Waals surface area contributed by atoms with E-state index in [1.54, 1.807) is 86.6 Å². The Morgan fingerprint density at radius 1 is 0.795 bits per heavy atom. The van der Waals surface area contributed by atoms with Crippen molar-refractivity contribution in [3.63, 3.8) is 0 Å². The molecule has 0 aliphatic carbocycles. The van der Waals surface area contributed by atoms with Crippen LogP contribution in [0.15, 0.2) is 84.4 Å². The largest absolute Gasteiger partial charge is 0.464 e. The molecule has 2 aromatic rings. The van der Waals surface area contributed by atoms with E-state index in [4.69, 9.17) is 18.9 Å². The molecule has 2 aromatic carbocycles. The Morgan fingerprint density at radius 2 is 1.36 bits per heavy atom. The zero-order valence-corrected chi connectivity index (χ0v) is 22.3. The van der Waals surface area contributed by atoms with Gasteiger partial charge in [0.1, 0.15) is 5.75 Å². The molecular formula is C30H31NO8. The van der Waals surface area contributed by atoms with Gasteiger partial charge in [0.05, 0.1) is 49.2 Å². The fourth-order valence-electron chi connectivity index (χ4n) is 3.96. The SMILES string of the molecule is CCOC(=O)/C=C/Oc1ccccc1C1C(C(=O)OCC)=CN(c2ccc(C(C)=O)cc2)C=C1C(=O)OCC. The molecular weight excluding hydrogens is 502 g/mol. The monoisotopic (exact) mass is 533 g/mol. The van der Waals surface area contributed by atoms with Crippen LogP contribution in [-0.4, -0.2) is 43.5 Å². The van der Waals surface area contributed by atoms with Gasteiger partial charge in [-0.3, -0.25) is 4.79 Å². The minimum absolute atomic E-state index is 0.0839. The normalized spacial score (nSPS) is 13.4. The lowest BCUT2D eigenvalue weighted by Crippen LogP contribution is -2.29. The van der Waals surface area contributed by atoms with Crippen LogP contribution in [0.3, 0.4) is 0 Å². The molecule has 0 saturated carbocycles. The van der Waals surface area contributed by atoms with Crippen molar-refractivity contribution in [3.05, 3.63) is 95.5 Å². The molecule has 9 heteroatoms. The zero-order valence-electron chi connectivity index (χ0n) is 22.3. The maximum atomic E-state index is 13.3. The van der Waals surface area contributed by atoms with Crippen LogP contribution in [0.2, 0.25) is 0 Å². The summed E-state index contributed by atoms with van der Waals surface area (Å²) in [5.41, 5.74) is 1.96. The predicted octanol–water partition coefficient (Wildman–Crippen LogP) is 4.84. The van der Waals surface area contributed by atoms with Crippen molar-refractivity contribution in [2.75, 3.05) is 24.7 Å². The van der Waals surface area contributed by atoms with E-state index < -0.39 is 23.8 Å². The van der Waals surface area contributed by atoms with Gasteiger partial charge in [0.15, 0.2) is 5.78 Å². The number of ether oxygens (including phenoxy) is 4. The van der Waals surface area contributed by atoms with E-state index in [1.807, 2.05) is 0 Å². The van der Waals surface area contributed by atoms with Gasteiger partial charge in [-0.2, -0.15) is 0 Å². The van der Waals surface area contributed by atoms with E-state index in [2.05, 4.69) is 0 Å². The van der Waals surface area contributed by atoms with Crippen molar-refractivity contribution in [2.24, 2.45) is 0 Å². The standard InChI is InChI=1S/C30H31NO8/c1-5-36-27(33)16-17-39-26-11-9-8-10-23(26)28-24(29(34)37-6-2)18-31(19-25(28)30(35)38-7-3)22-14-12-21(13-15-22)20(4)32/h8-19,28H,5-7H2,1-4H3/b17-16+. The van der Waals surface area contributed by atoms with E-state index in [0.29, 0.717) is 22.6 Å². The van der Waals surface area contributed by atoms with Gasteiger partial charge in [0, 0.05) is 29.2 Å². The molecule has 0 aromatic heterocycles. The summed E-state index contributed by atoms with van der Waals surface area (Å²) in [4.78, 5) is 51.6. The Morgan fingerprint density at radius 3 is 1.90 bits per heavy atom. The molecule has 1 aliphatic heterocycles. The number of Topliss-reactive ketones (excluding diaryl/α,β-unsaturated/α-hetero) is 1. The van der Waals surface area contributed by atoms with Gasteiger partial charge in [0.25, 0.3) is 0 Å². The van der Waals surface area contributed by atoms with Crippen LogP contribution in [0.1, 0.15) is 49.5 Å². The molecule has 0 N–H and O–H groups in total. The number of hydrogen-bond donors (Lipinski definition) is 0. The van der Waals surface area contributed by atoms with Crippen molar-refractivity contribution in [3.8, 4) is 5.75 Å². The third kappa shape index (κ3) is 7.22. The number of carbonyl (C=O) groups excluding carboxylic acids is 4. The summed E-state index contributed by atoms with van der Waals surface area (Å²) in [7, 11) is 0. The van der Waals surface area contributed by atoms with E-state index in [0.717, 1.165) is 6.08 Å². The van der Waals surface area contributed by atoms with E-state index >= 15 is 0 Å². The summed E-state index contributed by atoms with van der Waals surface area (Å²) in [6.07, 6.45) is 5.49. The lowest BCUT2D eigenvalue weighted by molar-refractivity contribution is -0.140. The Labute approximate surface area is 227 Å². The van der Waals surface area contributed by atoms with E-state index in [1.165, 1.54) is 13.2 Å². The smallest absolute Gasteiger partial charge is 0.336 e. The van der Waals surface area contributed by atoms with Crippen LogP contribution in [0, 0.1) is 0 Å². The number of carbonyl (C=O) groups is 4. The van der Waals surface area contributed by atoms with Crippen LogP contribution in [-0.2, 0) is 28.6 Å². The second kappa shape index (κ2) is 13.8. The molecule has 1 aliphatic rings. The van der Waals surface area contributed by atoms with Gasteiger partial charge < -0.3 is 23.8 Å². The minimum Gasteiger partial charge on any atom is -0.464 e. The molecule has 0 spiro atoms. The number of ketones is 1. The second-order valence-corrected chi connectivity index (χ2v) is 8.26. The van der Waals surface area contributed by atoms with E-state index in [9.17, 15) is 19.2 Å². The van der Waals surface area contributed by atoms with Gasteiger partial charge in [-0.1, -0.05) is 18.2 Å². The van der Waals surface area contributed by atoms with Crippen LogP contribution < -0.4 is 9.64 Å². The van der Waals surface area contributed by atoms with Crippen molar-refractivity contribution in [1.29, 1.82) is 0 Å². The summed E-state index contributed by atoms with van der Waals surface area (Å²) in [5, 5.41) is 0. The maximum Gasteiger partial charge on any atom is 0.336 e. The lowest BCUT2D eigenvalue weighted by Gasteiger charge is -2.31. The van der Waals surface area contributed by atoms with Crippen LogP contribution >= 0.6 is 0 Å². The third-order valence-electron chi connectivity index (χ3n) is 5.69. The average molecular weight is 534 g/mol. The first-order valence-corrected chi connectivity index (χ1v) is 12.6. The first-order valence-electron chi connectivity index (χ1n) is 12.6. The van der Waals surface area contributed by atoms with E-state index in [-0.39, 0.29) is 36.8 Å². The Bertz CT molecular complexity index is 1270. The van der Waals surface area contributed by atoms with Gasteiger partial charge in [-0.15, -0.1) is 0 Å². The fourth-order valence-corrected chi connectivity index (χ4v) is 3.96. The molecule has 0 saturated heterocycles. The quantitative estimate of drug-likeness (QED) is 0.132. The van der Waals surface area contributed by atoms with Crippen molar-refractivity contribution in [2.45, 2.75) is 33.6 Å². The highest BCUT2D eigenvalue weighted by molar-refractivity contribution is 6.00. The molecule has 0 radical (unpaired) electrons. The topological polar surface area (TPSA) is 108 Å². The number of anilines is 1. The molecule has 9 nitrogen and oxygen atoms in total. The molecule has 3 rings (SSSR count). The Kier molecular flexibility index (Phi) is 10.2. The number of nitrogens with zero attached hydrogens (tertiary/aromatic N) is 1. The number of hydrogen-bond acceptors (Lipinski definition) is 9. The summed E-state index contributed by atoms with van der Waals surface area (Å²) in [6.45, 7) is 7.00. The number of benzene rings is 2. The summed E-state index contributed by atoms with van der Waals surface area (Å²) in [5.74, 6) is -2.49. The molecule has 1 heterocycles. The predicted molar refractivity (Wildman–Crippen MR) is 144 cm³/mol. The number of esters is 3. The lowest BCUT2D eigenvalue weighted by atomic mass is 9.82. The van der Waals surface area contributed by atoms with Gasteiger partial charge in [0.2, 0.25) is 0 Å². The molecule has 0 bridgehead atoms. The number of rotatable bonds is 11. The minimum atomic E-state index is -0.900. The van der Waals surface area contributed by atoms with Gasteiger partial charge >= 0.3 is 17.9 Å². The highest BCUT2D eigenvalue weighted by atomic mass is 16.5. The highest BCUT2D eigenvalue weighted by Crippen LogP contribution is 2.42. The van der Waals surface area contributed by atoms with Crippen molar-refractivity contribution >= 4 is 29.4 Å². The van der Waals surface area contributed by atoms with Crippen molar-refractivity contribution < 1.29 is 38.1 Å². The van der Waals surface area contributed by atoms with Gasteiger partial charge in [-0.25, -0.2) is 14.4 Å². The molecule has 0 unspecified atom stereocenters. The summed E-state index contributed by atoms with van der Waals surface area (Å²) < 4.78 is 21.3. The summed E-state index contributed by atoms with van der Waals surface area (Å²) in [6, 6.07) is 13.6. The van der Waals surface area contributed by atoms with Gasteiger partial charge in [-0.05, 0) is 58.0 Å². The highest BCUT2D eigenvalue weighted by Gasteiger charge is 2.37. The average Bonchev–Trinajstić information content (AvgIpc) is 2.93. The number of para-hydroxylation sites is 1. The molecule has 0 atom stereocenters. The summed E-state index contributed by atoms with van der Waals surface area (Å²) >= 11 is 0. The fraction of sp³-hybridized carbons (Fsp3) is 0.267.